The molecule has 44 heavy (non-hydrogen) atoms. The van der Waals surface area contributed by atoms with Crippen LogP contribution in [0.1, 0.15) is 35.4 Å². The molecule has 0 aliphatic carbocycles. The lowest BCUT2D eigenvalue weighted by molar-refractivity contribution is -0.169. The Morgan fingerprint density at radius 2 is 1.80 bits per heavy atom. The van der Waals surface area contributed by atoms with E-state index in [0.29, 0.717) is 43.3 Å². The second-order valence-corrected chi connectivity index (χ2v) is 11.8. The number of benzene rings is 3. The minimum Gasteiger partial charge on any atom is -0.508 e. The van der Waals surface area contributed by atoms with Gasteiger partial charge >= 0.3 is 0 Å². The van der Waals surface area contributed by atoms with Crippen LogP contribution in [0.15, 0.2) is 84.6 Å². The van der Waals surface area contributed by atoms with Gasteiger partial charge in [-0.25, -0.2) is 0 Å². The lowest BCUT2D eigenvalue weighted by Gasteiger charge is -2.41. The minimum atomic E-state index is -0.839. The number of amides is 2. The molecule has 2 N–H and O–H groups in total. The van der Waals surface area contributed by atoms with Gasteiger partial charge in [0.2, 0.25) is 11.8 Å². The Morgan fingerprint density at radius 3 is 2.55 bits per heavy atom. The van der Waals surface area contributed by atoms with Gasteiger partial charge in [0.25, 0.3) is 0 Å². The number of nitrogens with one attached hydrogen (secondary N) is 1. The van der Waals surface area contributed by atoms with Crippen LogP contribution in [0.25, 0.3) is 0 Å². The van der Waals surface area contributed by atoms with Crippen molar-refractivity contribution < 1.29 is 24.2 Å². The second-order valence-electron chi connectivity index (χ2n) is 11.4. The molecule has 3 aliphatic heterocycles. The van der Waals surface area contributed by atoms with Crippen molar-refractivity contribution >= 4 is 29.1 Å². The van der Waals surface area contributed by atoms with Crippen LogP contribution in [-0.4, -0.2) is 71.9 Å². The highest BCUT2D eigenvalue weighted by Gasteiger charge is 2.53. The fraction of sp³-hybridized carbons (Fsp3) is 0.314. The molecule has 2 amide bonds. The summed E-state index contributed by atoms with van der Waals surface area (Å²) in [7, 11) is 1.97. The van der Waals surface area contributed by atoms with Crippen LogP contribution < -0.4 is 5.32 Å². The number of anilines is 1. The molecule has 0 aromatic heterocycles. The molecule has 8 nitrogen and oxygen atoms in total. The van der Waals surface area contributed by atoms with Gasteiger partial charge in [0.05, 0.1) is 26.2 Å². The van der Waals surface area contributed by atoms with Crippen molar-refractivity contribution in [1.82, 2.24) is 9.80 Å². The third-order valence-electron chi connectivity index (χ3n) is 8.38. The zero-order valence-electron chi connectivity index (χ0n) is 24.5. The van der Waals surface area contributed by atoms with E-state index in [4.69, 9.17) is 21.1 Å². The zero-order valence-corrected chi connectivity index (χ0v) is 25.2. The number of aromatic hydroxyl groups is 1. The summed E-state index contributed by atoms with van der Waals surface area (Å²) in [5.41, 5.74) is 3.05. The van der Waals surface area contributed by atoms with Gasteiger partial charge in [-0.15, -0.1) is 0 Å². The molecule has 2 fully saturated rings. The number of rotatable bonds is 5. The summed E-state index contributed by atoms with van der Waals surface area (Å²) >= 11 is 6.20. The monoisotopic (exact) mass is 611 g/mol. The fourth-order valence-corrected chi connectivity index (χ4v) is 6.33. The van der Waals surface area contributed by atoms with E-state index in [2.05, 4.69) is 17.2 Å². The van der Waals surface area contributed by atoms with Crippen molar-refractivity contribution in [3.05, 3.63) is 106 Å². The summed E-state index contributed by atoms with van der Waals surface area (Å²) in [5.74, 6) is 6.12. The van der Waals surface area contributed by atoms with Crippen molar-refractivity contribution in [3.63, 3.8) is 0 Å². The van der Waals surface area contributed by atoms with Gasteiger partial charge < -0.3 is 24.8 Å². The number of likely N-dealkylation sites (N-methyl/N-ethyl adjacent to an activating group) is 1. The van der Waals surface area contributed by atoms with Gasteiger partial charge in [-0.05, 0) is 48.0 Å². The predicted octanol–water partition coefficient (Wildman–Crippen LogP) is 4.93. The first kappa shape index (κ1) is 29.8. The molecule has 3 heterocycles. The van der Waals surface area contributed by atoms with Crippen LogP contribution in [0.3, 0.4) is 0 Å². The van der Waals surface area contributed by atoms with E-state index in [1.807, 2.05) is 60.6 Å². The fourth-order valence-electron chi connectivity index (χ4n) is 6.15. The van der Waals surface area contributed by atoms with Crippen LogP contribution in [0.5, 0.6) is 5.75 Å². The Morgan fingerprint density at radius 1 is 1.05 bits per heavy atom. The van der Waals surface area contributed by atoms with Crippen LogP contribution in [-0.2, 0) is 25.5 Å². The third kappa shape index (κ3) is 6.31. The Bertz CT molecular complexity index is 1620. The number of hydrogen-bond donors (Lipinski definition) is 2. The molecule has 3 aromatic rings. The summed E-state index contributed by atoms with van der Waals surface area (Å²) in [6, 6.07) is 21.1. The average Bonchev–Trinajstić information content (AvgIpc) is 3.58. The molecule has 0 bridgehead atoms. The average molecular weight is 612 g/mol. The maximum atomic E-state index is 13.6. The molecule has 1 spiro atoms. The highest BCUT2D eigenvalue weighted by atomic mass is 35.5. The number of nitrogens with zero attached hydrogens (tertiary/aromatic N) is 2. The van der Waals surface area contributed by atoms with Crippen LogP contribution in [0.2, 0.25) is 5.02 Å². The molecule has 1 unspecified atom stereocenters. The Labute approximate surface area is 262 Å². The molecular formula is C35H34ClN3O5. The normalized spacial score (nSPS) is 20.6. The van der Waals surface area contributed by atoms with Crippen molar-refractivity contribution in [3.8, 4) is 17.6 Å². The molecule has 2 saturated heterocycles. The maximum Gasteiger partial charge on any atom is 0.249 e. The van der Waals surface area contributed by atoms with E-state index in [0.717, 1.165) is 22.3 Å². The molecule has 6 rings (SSSR count). The van der Waals surface area contributed by atoms with Gasteiger partial charge in [-0.3, -0.25) is 14.5 Å². The Balaban J connectivity index is 1.15. The van der Waals surface area contributed by atoms with E-state index >= 15 is 0 Å². The molecular weight excluding hydrogens is 578 g/mol. The summed E-state index contributed by atoms with van der Waals surface area (Å²) in [4.78, 5) is 30.9. The molecule has 226 valence electrons. The van der Waals surface area contributed by atoms with E-state index in [-0.39, 0.29) is 36.5 Å². The number of hydrogen-bond acceptors (Lipinski definition) is 6. The number of phenolic OH excluding ortho intramolecular Hbond substituents is 1. The molecule has 2 atom stereocenters. The number of ether oxygens (including phenoxy) is 2. The minimum absolute atomic E-state index is 0.0926. The number of phenols is 1. The first-order valence-corrected chi connectivity index (χ1v) is 15.1. The third-order valence-corrected chi connectivity index (χ3v) is 8.61. The van der Waals surface area contributed by atoms with Crippen molar-refractivity contribution in [2.75, 3.05) is 38.7 Å². The van der Waals surface area contributed by atoms with E-state index in [9.17, 15) is 14.7 Å². The van der Waals surface area contributed by atoms with Crippen LogP contribution in [0, 0.1) is 11.8 Å². The molecule has 3 aliphatic rings. The van der Waals surface area contributed by atoms with E-state index < -0.39 is 11.8 Å². The summed E-state index contributed by atoms with van der Waals surface area (Å²) in [5, 5.41) is 14.0. The Hall–Kier alpha value is -4.29. The highest BCUT2D eigenvalue weighted by molar-refractivity contribution is 6.30. The lowest BCUT2D eigenvalue weighted by Crippen LogP contribution is -2.57. The van der Waals surface area contributed by atoms with Gasteiger partial charge in [0, 0.05) is 66.0 Å². The SMILES string of the molecule is CN1C=C(C#Cc2ccc(NC(=O)[C@@H]3COC4(CCOCC4)N3C(=O)Cc3ccccc3)cc2)C(c2cc(Cl)ccc2O)C1. The highest BCUT2D eigenvalue weighted by Crippen LogP contribution is 2.38. The summed E-state index contributed by atoms with van der Waals surface area (Å²) in [6.45, 7) is 1.76. The topological polar surface area (TPSA) is 91.3 Å². The summed E-state index contributed by atoms with van der Waals surface area (Å²) < 4.78 is 11.7. The quantitative estimate of drug-likeness (QED) is 0.398. The maximum absolute atomic E-state index is 13.6. The standard InChI is InChI=1S/C35H34ClN3O5/c1-38-21-26(30(22-38)29-20-27(36)11-14-32(29)40)10-7-24-8-12-28(13-9-24)37-34(42)31-23-44-35(15-17-43-18-16-35)39(31)33(41)19-25-5-3-2-4-6-25/h2-6,8-9,11-14,20-21,30-31,40H,15-19,22-23H2,1H3,(H,37,42)/t30?,31-/m0/s1. The van der Waals surface area contributed by atoms with Crippen LogP contribution in [0.4, 0.5) is 5.69 Å². The Kier molecular flexibility index (Phi) is 8.62. The molecule has 3 aromatic carbocycles. The lowest BCUT2D eigenvalue weighted by atomic mass is 9.92. The van der Waals surface area contributed by atoms with E-state index in [1.165, 1.54) is 0 Å². The zero-order chi connectivity index (χ0) is 30.7. The van der Waals surface area contributed by atoms with Crippen LogP contribution >= 0.6 is 11.6 Å². The first-order chi connectivity index (χ1) is 21.3. The van der Waals surface area contributed by atoms with Crippen molar-refractivity contribution in [2.24, 2.45) is 0 Å². The molecule has 0 saturated carbocycles. The largest absolute Gasteiger partial charge is 0.508 e. The predicted molar refractivity (Wildman–Crippen MR) is 168 cm³/mol. The number of carbonyl (C=O) groups is 2. The second kappa shape index (κ2) is 12.7. The van der Waals surface area contributed by atoms with Gasteiger partial charge in [-0.2, -0.15) is 0 Å². The number of halogens is 1. The van der Waals surface area contributed by atoms with Crippen molar-refractivity contribution in [1.29, 1.82) is 0 Å². The molecule has 0 radical (unpaired) electrons. The van der Waals surface area contributed by atoms with E-state index in [1.54, 1.807) is 35.2 Å². The van der Waals surface area contributed by atoms with Crippen molar-refractivity contribution in [2.45, 2.75) is 36.9 Å². The smallest absolute Gasteiger partial charge is 0.249 e. The van der Waals surface area contributed by atoms with Gasteiger partial charge in [-0.1, -0.05) is 53.8 Å². The first-order valence-electron chi connectivity index (χ1n) is 14.7. The number of carbonyl (C=O) groups excluding carboxylic acids is 2. The van der Waals surface area contributed by atoms with Gasteiger partial charge in [0.1, 0.15) is 17.5 Å². The van der Waals surface area contributed by atoms with Gasteiger partial charge in [0.15, 0.2) is 0 Å². The summed E-state index contributed by atoms with van der Waals surface area (Å²) in [6.07, 6.45) is 3.21. The molecule has 9 heteroatoms.